The van der Waals surface area contributed by atoms with Gasteiger partial charge in [-0.25, -0.2) is 22.7 Å². The van der Waals surface area contributed by atoms with Crippen molar-refractivity contribution in [2.75, 3.05) is 6.61 Å². The van der Waals surface area contributed by atoms with Crippen molar-refractivity contribution in [1.82, 2.24) is 4.57 Å². The van der Waals surface area contributed by atoms with Gasteiger partial charge >= 0.3 is 5.97 Å². The van der Waals surface area contributed by atoms with Crippen molar-refractivity contribution in [2.45, 2.75) is 77.0 Å². The summed E-state index contributed by atoms with van der Waals surface area (Å²) in [6.45, 7) is 6.79. The molecule has 1 aromatic heterocycles. The lowest BCUT2D eigenvalue weighted by Crippen LogP contribution is -3.00. The highest BCUT2D eigenvalue weighted by Crippen LogP contribution is 2.47. The van der Waals surface area contributed by atoms with Crippen LogP contribution in [-0.2, 0) is 21.7 Å². The van der Waals surface area contributed by atoms with Gasteiger partial charge in [-0.1, -0.05) is 44.2 Å². The summed E-state index contributed by atoms with van der Waals surface area (Å²) in [7, 11) is 0. The zero-order valence-electron chi connectivity index (χ0n) is 18.9. The zero-order valence-corrected chi connectivity index (χ0v) is 20.5. The molecule has 2 aromatic rings. The van der Waals surface area contributed by atoms with Gasteiger partial charge in [0.05, 0.1) is 0 Å². The van der Waals surface area contributed by atoms with Crippen LogP contribution in [0.25, 0.3) is 0 Å². The standard InChI is InChI=1S/C24H33F2N2O3.BrH/c1-4-21(5-2)28-14-13-27(18(28)3)15-16-31-22(29)24(30,19-9-7-6-8-10-19)20-11-12-23(25,26)17-20;/h6-10,13-14,20-21,30H,4-5,11-12,15-17H2,1-3H3;1H/q+1;/p-1. The molecule has 1 aromatic carbocycles. The van der Waals surface area contributed by atoms with E-state index in [9.17, 15) is 18.7 Å². The van der Waals surface area contributed by atoms with E-state index in [4.69, 9.17) is 4.74 Å². The van der Waals surface area contributed by atoms with Gasteiger partial charge in [0.1, 0.15) is 31.6 Å². The molecule has 1 heterocycles. The molecule has 1 aliphatic carbocycles. The molecule has 1 aliphatic rings. The van der Waals surface area contributed by atoms with Crippen molar-refractivity contribution in [2.24, 2.45) is 5.92 Å². The van der Waals surface area contributed by atoms with Crippen molar-refractivity contribution in [1.29, 1.82) is 0 Å². The number of rotatable bonds is 9. The molecule has 5 nitrogen and oxygen atoms in total. The van der Waals surface area contributed by atoms with Crippen LogP contribution in [0.5, 0.6) is 0 Å². The second-order valence-electron chi connectivity index (χ2n) is 8.48. The topological polar surface area (TPSA) is 55.3 Å². The number of aliphatic hydroxyl groups is 1. The Hall–Kier alpha value is -1.80. The molecule has 2 atom stereocenters. The van der Waals surface area contributed by atoms with Gasteiger partial charge in [-0.3, -0.25) is 0 Å². The zero-order chi connectivity index (χ0) is 22.6. The van der Waals surface area contributed by atoms with Crippen molar-refractivity contribution >= 4 is 5.97 Å². The Morgan fingerprint density at radius 3 is 2.53 bits per heavy atom. The lowest BCUT2D eigenvalue weighted by atomic mass is 9.80. The summed E-state index contributed by atoms with van der Waals surface area (Å²) in [5.41, 5.74) is -1.78. The summed E-state index contributed by atoms with van der Waals surface area (Å²) >= 11 is 0. The highest BCUT2D eigenvalue weighted by Gasteiger charge is 2.54. The second-order valence-corrected chi connectivity index (χ2v) is 8.48. The van der Waals surface area contributed by atoms with E-state index in [1.807, 2.05) is 23.9 Å². The van der Waals surface area contributed by atoms with Crippen LogP contribution in [0, 0.1) is 12.8 Å². The van der Waals surface area contributed by atoms with E-state index in [1.54, 1.807) is 30.3 Å². The van der Waals surface area contributed by atoms with Gasteiger partial charge in [0.2, 0.25) is 5.92 Å². The maximum atomic E-state index is 13.9. The van der Waals surface area contributed by atoms with Crippen LogP contribution in [0.3, 0.4) is 0 Å². The van der Waals surface area contributed by atoms with Crippen LogP contribution in [0.4, 0.5) is 8.78 Å². The van der Waals surface area contributed by atoms with E-state index in [0.717, 1.165) is 18.7 Å². The third kappa shape index (κ3) is 5.39. The molecule has 1 fully saturated rings. The predicted octanol–water partition coefficient (Wildman–Crippen LogP) is 1.32. The quantitative estimate of drug-likeness (QED) is 0.405. The van der Waals surface area contributed by atoms with Crippen LogP contribution in [-0.4, -0.2) is 28.2 Å². The Bertz CT molecular complexity index is 887. The number of ether oxygens (including phenoxy) is 1. The first-order chi connectivity index (χ1) is 14.7. The number of imidazole rings is 1. The molecule has 1 saturated carbocycles. The summed E-state index contributed by atoms with van der Waals surface area (Å²) in [4.78, 5) is 13.0. The number of nitrogens with zero attached hydrogens (tertiary/aromatic N) is 2. The van der Waals surface area contributed by atoms with Crippen molar-refractivity contribution in [3.05, 3.63) is 54.1 Å². The molecule has 0 amide bonds. The fourth-order valence-corrected chi connectivity index (χ4v) is 4.69. The molecule has 1 N–H and O–H groups in total. The largest absolute Gasteiger partial charge is 1.00 e. The number of carbonyl (C=O) groups excluding carboxylic acids is 1. The molecule has 0 saturated heterocycles. The van der Waals surface area contributed by atoms with E-state index >= 15 is 0 Å². The fraction of sp³-hybridized carbons (Fsp3) is 0.583. The Labute approximate surface area is 199 Å². The van der Waals surface area contributed by atoms with Gasteiger partial charge in [0.25, 0.3) is 5.82 Å². The molecule has 0 spiro atoms. The predicted molar refractivity (Wildman–Crippen MR) is 113 cm³/mol. The lowest BCUT2D eigenvalue weighted by Gasteiger charge is -2.32. The molecule has 0 bridgehead atoms. The van der Waals surface area contributed by atoms with Crippen LogP contribution >= 0.6 is 0 Å². The van der Waals surface area contributed by atoms with Crippen LogP contribution in [0.2, 0.25) is 0 Å². The molecular weight excluding hydrogens is 482 g/mol. The minimum absolute atomic E-state index is 0. The summed E-state index contributed by atoms with van der Waals surface area (Å²) < 4.78 is 37.4. The third-order valence-corrected chi connectivity index (χ3v) is 6.62. The number of esters is 1. The van der Waals surface area contributed by atoms with Crippen LogP contribution < -0.4 is 21.5 Å². The maximum Gasteiger partial charge on any atom is 0.343 e. The number of aromatic nitrogens is 2. The second kappa shape index (κ2) is 10.9. The number of benzene rings is 1. The molecule has 178 valence electrons. The van der Waals surface area contributed by atoms with Gasteiger partial charge in [-0.2, -0.15) is 0 Å². The Balaban J connectivity index is 0.00000363. The SMILES string of the molecule is CCC(CC)[n+]1ccn(CCOC(=O)C(O)(c2ccccc2)C2CCC(F)(F)C2)c1C.[Br-]. The Kier molecular flexibility index (Phi) is 8.99. The summed E-state index contributed by atoms with van der Waals surface area (Å²) in [5, 5.41) is 11.4. The first kappa shape index (κ1) is 26.5. The first-order valence-electron chi connectivity index (χ1n) is 11.1. The van der Waals surface area contributed by atoms with Crippen molar-refractivity contribution in [3.63, 3.8) is 0 Å². The van der Waals surface area contributed by atoms with Gasteiger partial charge in [0, 0.05) is 25.7 Å². The summed E-state index contributed by atoms with van der Waals surface area (Å²) in [6, 6.07) is 8.71. The van der Waals surface area contributed by atoms with E-state index < -0.39 is 29.8 Å². The lowest BCUT2D eigenvalue weighted by molar-refractivity contribution is -0.728. The average Bonchev–Trinajstić information content (AvgIpc) is 3.31. The third-order valence-electron chi connectivity index (χ3n) is 6.62. The van der Waals surface area contributed by atoms with Gasteiger partial charge in [-0.15, -0.1) is 0 Å². The highest BCUT2D eigenvalue weighted by atomic mass is 79.9. The fourth-order valence-electron chi connectivity index (χ4n) is 4.69. The van der Waals surface area contributed by atoms with Crippen LogP contribution in [0.1, 0.15) is 63.4 Å². The normalized spacial score (nSPS) is 19.4. The smallest absolute Gasteiger partial charge is 0.343 e. The van der Waals surface area contributed by atoms with E-state index in [1.165, 1.54) is 0 Å². The Morgan fingerprint density at radius 1 is 1.31 bits per heavy atom. The minimum atomic E-state index is -2.88. The molecule has 8 heteroatoms. The minimum Gasteiger partial charge on any atom is -1.00 e. The number of alkyl halides is 2. The highest BCUT2D eigenvalue weighted by molar-refractivity contribution is 5.81. The maximum absolute atomic E-state index is 13.9. The molecular formula is C24H33BrF2N2O3. The number of hydrogen-bond donors (Lipinski definition) is 1. The van der Waals surface area contributed by atoms with E-state index in [2.05, 4.69) is 18.4 Å². The van der Waals surface area contributed by atoms with Gasteiger partial charge < -0.3 is 26.8 Å². The number of halogens is 3. The Morgan fingerprint density at radius 2 is 1.97 bits per heavy atom. The summed E-state index contributed by atoms with van der Waals surface area (Å²) in [6.07, 6.45) is 5.23. The molecule has 0 radical (unpaired) electrons. The molecule has 32 heavy (non-hydrogen) atoms. The van der Waals surface area contributed by atoms with Crippen molar-refractivity contribution in [3.8, 4) is 0 Å². The van der Waals surface area contributed by atoms with E-state index in [-0.39, 0.29) is 36.4 Å². The number of carbonyl (C=O) groups is 1. The average molecular weight is 515 g/mol. The van der Waals surface area contributed by atoms with Crippen LogP contribution in [0.15, 0.2) is 42.7 Å². The number of hydrogen-bond acceptors (Lipinski definition) is 3. The van der Waals surface area contributed by atoms with Gasteiger partial charge in [-0.05, 0) is 24.8 Å². The van der Waals surface area contributed by atoms with Gasteiger partial charge in [0.15, 0.2) is 5.60 Å². The first-order valence-corrected chi connectivity index (χ1v) is 11.1. The summed E-state index contributed by atoms with van der Waals surface area (Å²) in [5.74, 6) is -3.57. The van der Waals surface area contributed by atoms with E-state index in [0.29, 0.717) is 18.2 Å². The molecule has 2 unspecified atom stereocenters. The molecule has 3 rings (SSSR count). The monoisotopic (exact) mass is 514 g/mol. The van der Waals surface area contributed by atoms with Crippen molar-refractivity contribution < 1.29 is 45.0 Å². The molecule has 0 aliphatic heterocycles.